The van der Waals surface area contributed by atoms with E-state index in [0.717, 1.165) is 56.9 Å². The number of hydrogen-bond acceptors (Lipinski definition) is 7. The van der Waals surface area contributed by atoms with Crippen molar-refractivity contribution in [3.63, 3.8) is 0 Å². The van der Waals surface area contributed by atoms with E-state index in [1.165, 1.54) is 0 Å². The Balaban J connectivity index is 1.05. The predicted octanol–water partition coefficient (Wildman–Crippen LogP) is 3.14. The van der Waals surface area contributed by atoms with Gasteiger partial charge < -0.3 is 15.1 Å². The molecule has 1 aliphatic heterocycles. The van der Waals surface area contributed by atoms with E-state index in [1.807, 2.05) is 12.1 Å². The van der Waals surface area contributed by atoms with Gasteiger partial charge in [0, 0.05) is 30.0 Å². The predicted molar refractivity (Wildman–Crippen MR) is 128 cm³/mol. The number of carbonyl (C=O) groups excluding carboxylic acids is 2. The van der Waals surface area contributed by atoms with Crippen molar-refractivity contribution in [1.82, 2.24) is 26.1 Å². The van der Waals surface area contributed by atoms with Crippen LogP contribution in [0.2, 0.25) is 0 Å². The molecule has 2 heterocycles. The Kier molecular flexibility index (Phi) is 7.09. The van der Waals surface area contributed by atoms with E-state index in [1.54, 1.807) is 12.1 Å². The van der Waals surface area contributed by atoms with Crippen LogP contribution in [0.1, 0.15) is 81.6 Å². The lowest BCUT2D eigenvalue weighted by molar-refractivity contribution is -0.131. The number of rotatable bonds is 6. The maximum absolute atomic E-state index is 12.6. The summed E-state index contributed by atoms with van der Waals surface area (Å²) in [7, 11) is 0. The van der Waals surface area contributed by atoms with Crippen LogP contribution in [-0.4, -0.2) is 40.3 Å². The zero-order valence-electron chi connectivity index (χ0n) is 19.8. The quantitative estimate of drug-likeness (QED) is 0.583. The molecular formula is C26H32N6O3. The number of nitrogens with one attached hydrogen (secondary N) is 3. The van der Waals surface area contributed by atoms with Gasteiger partial charge in [0.2, 0.25) is 23.6 Å². The number of nitriles is 1. The lowest BCUT2D eigenvalue weighted by atomic mass is 9.82. The van der Waals surface area contributed by atoms with Gasteiger partial charge in [-0.2, -0.15) is 5.26 Å². The summed E-state index contributed by atoms with van der Waals surface area (Å²) >= 11 is 0. The molecule has 1 aromatic carbocycles. The molecule has 3 atom stereocenters. The Hall–Kier alpha value is -3.25. The van der Waals surface area contributed by atoms with Crippen molar-refractivity contribution in [2.75, 3.05) is 0 Å². The zero-order valence-corrected chi connectivity index (χ0v) is 19.8. The first kappa shape index (κ1) is 23.5. The first-order chi connectivity index (χ1) is 17.1. The molecule has 2 aliphatic carbocycles. The summed E-state index contributed by atoms with van der Waals surface area (Å²) in [5.41, 5.74) is 1.39. The maximum Gasteiger partial charge on any atom is 0.247 e. The zero-order chi connectivity index (χ0) is 24.2. The van der Waals surface area contributed by atoms with E-state index in [0.29, 0.717) is 30.2 Å². The number of nitrogens with zero attached hydrogens (tertiary/aromatic N) is 3. The van der Waals surface area contributed by atoms with Crippen molar-refractivity contribution in [2.45, 2.75) is 88.4 Å². The standard InChI is InChI=1S/C26H32N6O3/c27-15-16-5-7-17(8-6-16)25-31-32-26(35-25)18-9-11-19(12-10-18)28-23(33)14-13-22-29-21-4-2-1-3-20(21)24(34)30-22/h5-8,18-22,29H,1-4,9-14H2,(H,28,33)(H,30,34). The van der Waals surface area contributed by atoms with Gasteiger partial charge in [-0.1, -0.05) is 12.8 Å². The minimum absolute atomic E-state index is 0.0381. The fraction of sp³-hybridized carbons (Fsp3) is 0.577. The highest BCUT2D eigenvalue weighted by molar-refractivity contribution is 5.81. The number of aromatic nitrogens is 2. The third-order valence-corrected chi connectivity index (χ3v) is 7.64. The summed E-state index contributed by atoms with van der Waals surface area (Å²) in [5, 5.41) is 27.1. The number of amides is 2. The topological polar surface area (TPSA) is 133 Å². The molecule has 3 aliphatic rings. The molecule has 0 spiro atoms. The molecule has 2 amide bonds. The van der Waals surface area contributed by atoms with Crippen LogP contribution in [0, 0.1) is 17.2 Å². The van der Waals surface area contributed by atoms with Crippen molar-refractivity contribution in [3.8, 4) is 17.5 Å². The first-order valence-corrected chi connectivity index (χ1v) is 12.8. The SMILES string of the molecule is N#Cc1ccc(-c2nnc(C3CCC(NC(=O)CCC4NC(=O)C5CCCCC5N4)CC3)o2)cc1. The first-order valence-electron chi connectivity index (χ1n) is 12.8. The minimum atomic E-state index is -0.119. The van der Waals surface area contributed by atoms with Crippen LogP contribution in [0.5, 0.6) is 0 Å². The second-order valence-corrected chi connectivity index (χ2v) is 10.0. The third-order valence-electron chi connectivity index (χ3n) is 7.64. The van der Waals surface area contributed by atoms with E-state index in [-0.39, 0.29) is 41.9 Å². The van der Waals surface area contributed by atoms with Gasteiger partial charge in [0.05, 0.1) is 23.7 Å². The van der Waals surface area contributed by atoms with Crippen LogP contribution in [0.4, 0.5) is 0 Å². The summed E-state index contributed by atoms with van der Waals surface area (Å²) in [4.78, 5) is 24.9. The summed E-state index contributed by atoms with van der Waals surface area (Å²) in [6, 6.07) is 9.59. The molecule has 0 radical (unpaired) electrons. The normalized spacial score (nSPS) is 28.4. The van der Waals surface area contributed by atoms with E-state index in [2.05, 4.69) is 32.2 Å². The average molecular weight is 477 g/mol. The molecular weight excluding hydrogens is 444 g/mol. The van der Waals surface area contributed by atoms with Gasteiger partial charge in [-0.3, -0.25) is 14.9 Å². The highest BCUT2D eigenvalue weighted by atomic mass is 16.4. The van der Waals surface area contributed by atoms with E-state index in [4.69, 9.17) is 9.68 Å². The van der Waals surface area contributed by atoms with Gasteiger partial charge >= 0.3 is 0 Å². The summed E-state index contributed by atoms with van der Waals surface area (Å²) in [6.45, 7) is 0. The molecule has 0 bridgehead atoms. The summed E-state index contributed by atoms with van der Waals surface area (Å²) in [5.74, 6) is 1.55. The molecule has 9 nitrogen and oxygen atoms in total. The van der Waals surface area contributed by atoms with E-state index >= 15 is 0 Å². The lowest BCUT2D eigenvalue weighted by Gasteiger charge is -2.40. The Morgan fingerprint density at radius 2 is 1.86 bits per heavy atom. The lowest BCUT2D eigenvalue weighted by Crippen LogP contribution is -2.62. The Labute approximate surface area is 205 Å². The highest BCUT2D eigenvalue weighted by Crippen LogP contribution is 2.33. The molecule has 5 rings (SSSR count). The van der Waals surface area contributed by atoms with Crippen LogP contribution in [0.25, 0.3) is 11.5 Å². The number of hydrogen-bond donors (Lipinski definition) is 3. The smallest absolute Gasteiger partial charge is 0.247 e. The van der Waals surface area contributed by atoms with Gasteiger partial charge in [-0.05, 0) is 69.2 Å². The van der Waals surface area contributed by atoms with Gasteiger partial charge in [-0.15, -0.1) is 10.2 Å². The molecule has 184 valence electrons. The second-order valence-electron chi connectivity index (χ2n) is 10.0. The van der Waals surface area contributed by atoms with Crippen molar-refractivity contribution < 1.29 is 14.0 Å². The minimum Gasteiger partial charge on any atom is -0.420 e. The second kappa shape index (κ2) is 10.6. The van der Waals surface area contributed by atoms with Gasteiger partial charge in [0.1, 0.15) is 0 Å². The number of carbonyl (C=O) groups is 2. The van der Waals surface area contributed by atoms with Crippen LogP contribution in [0.15, 0.2) is 28.7 Å². The van der Waals surface area contributed by atoms with Gasteiger partial charge in [-0.25, -0.2) is 0 Å². The van der Waals surface area contributed by atoms with Crippen molar-refractivity contribution in [1.29, 1.82) is 5.26 Å². The summed E-state index contributed by atoms with van der Waals surface area (Å²) in [6.07, 6.45) is 8.66. The fourth-order valence-corrected chi connectivity index (χ4v) is 5.64. The van der Waals surface area contributed by atoms with Crippen molar-refractivity contribution in [3.05, 3.63) is 35.7 Å². The summed E-state index contributed by atoms with van der Waals surface area (Å²) < 4.78 is 5.92. The molecule has 9 heteroatoms. The van der Waals surface area contributed by atoms with Crippen LogP contribution >= 0.6 is 0 Å². The molecule has 3 fully saturated rings. The molecule has 1 aromatic heterocycles. The van der Waals surface area contributed by atoms with Gasteiger partial charge in [0.15, 0.2) is 0 Å². The molecule has 3 unspecified atom stereocenters. The largest absolute Gasteiger partial charge is 0.420 e. The number of fused-ring (bicyclic) bond motifs is 1. The van der Waals surface area contributed by atoms with E-state index < -0.39 is 0 Å². The third kappa shape index (κ3) is 5.54. The van der Waals surface area contributed by atoms with Gasteiger partial charge in [0.25, 0.3) is 0 Å². The average Bonchev–Trinajstić information content (AvgIpc) is 3.38. The highest BCUT2D eigenvalue weighted by Gasteiger charge is 2.37. The Morgan fingerprint density at radius 1 is 1.09 bits per heavy atom. The molecule has 3 N–H and O–H groups in total. The monoisotopic (exact) mass is 476 g/mol. The molecule has 1 saturated heterocycles. The molecule has 2 aromatic rings. The fourth-order valence-electron chi connectivity index (χ4n) is 5.64. The molecule has 2 saturated carbocycles. The van der Waals surface area contributed by atoms with Crippen LogP contribution in [0.3, 0.4) is 0 Å². The molecule has 35 heavy (non-hydrogen) atoms. The van der Waals surface area contributed by atoms with Crippen LogP contribution in [-0.2, 0) is 9.59 Å². The van der Waals surface area contributed by atoms with Crippen LogP contribution < -0.4 is 16.0 Å². The van der Waals surface area contributed by atoms with Crippen molar-refractivity contribution in [2.24, 2.45) is 5.92 Å². The Morgan fingerprint density at radius 3 is 2.63 bits per heavy atom. The maximum atomic E-state index is 12.6. The van der Waals surface area contributed by atoms with E-state index in [9.17, 15) is 9.59 Å². The number of benzene rings is 1. The van der Waals surface area contributed by atoms with Crippen molar-refractivity contribution >= 4 is 11.8 Å². The Bertz CT molecular complexity index is 1080.